The largest absolute Gasteiger partial charge is 0.379 e. The van der Waals surface area contributed by atoms with E-state index in [0.29, 0.717) is 19.8 Å². The molecular weight excluding hydrogens is 362 g/mol. The molecule has 6 heteroatoms. The first-order chi connectivity index (χ1) is 13.5. The number of rotatable bonds is 6. The number of nitrogens with one attached hydrogen (secondary N) is 1. The highest BCUT2D eigenvalue weighted by Crippen LogP contribution is 2.22. The lowest BCUT2D eigenvalue weighted by molar-refractivity contribution is -0.116. The maximum Gasteiger partial charge on any atom is 0.244 e. The van der Waals surface area contributed by atoms with E-state index in [1.54, 1.807) is 24.3 Å². The van der Waals surface area contributed by atoms with Crippen LogP contribution in [0.1, 0.15) is 24.1 Å². The molecular formula is C22H24F2N2O2. The van der Waals surface area contributed by atoms with Gasteiger partial charge in [0.05, 0.1) is 19.3 Å². The van der Waals surface area contributed by atoms with E-state index in [-0.39, 0.29) is 23.6 Å². The highest BCUT2D eigenvalue weighted by Gasteiger charge is 2.23. The fourth-order valence-corrected chi connectivity index (χ4v) is 3.27. The van der Waals surface area contributed by atoms with Gasteiger partial charge in [0.15, 0.2) is 0 Å². The lowest BCUT2D eigenvalue weighted by Gasteiger charge is -2.34. The molecule has 1 heterocycles. The summed E-state index contributed by atoms with van der Waals surface area (Å²) < 4.78 is 31.8. The van der Waals surface area contributed by atoms with Crippen molar-refractivity contribution in [2.45, 2.75) is 13.0 Å². The van der Waals surface area contributed by atoms with E-state index in [0.717, 1.165) is 29.8 Å². The first-order valence-electron chi connectivity index (χ1n) is 9.32. The normalized spacial score (nSPS) is 16.6. The topological polar surface area (TPSA) is 41.6 Å². The molecule has 1 fully saturated rings. The standard InChI is InChI=1S/C22H24F2N2O2/c1-16(17-2-6-19(23)7-3-17)14-22(27)25-15-21(26-10-12-28-13-11-26)18-4-8-20(24)9-5-18/h2-9,14,21H,10-13,15H2,1H3,(H,25,27)/b16-14-. The van der Waals surface area contributed by atoms with E-state index in [1.807, 2.05) is 6.92 Å². The van der Waals surface area contributed by atoms with Gasteiger partial charge in [-0.25, -0.2) is 8.78 Å². The van der Waals surface area contributed by atoms with Crippen molar-refractivity contribution in [2.75, 3.05) is 32.8 Å². The molecule has 1 aliphatic heterocycles. The Morgan fingerprint density at radius 3 is 2.25 bits per heavy atom. The fourth-order valence-electron chi connectivity index (χ4n) is 3.27. The van der Waals surface area contributed by atoms with Gasteiger partial charge < -0.3 is 10.1 Å². The molecule has 2 aromatic rings. The Balaban J connectivity index is 1.68. The molecule has 0 radical (unpaired) electrons. The molecule has 3 rings (SSSR count). The first-order valence-corrected chi connectivity index (χ1v) is 9.32. The van der Waals surface area contributed by atoms with Gasteiger partial charge in [0.25, 0.3) is 0 Å². The summed E-state index contributed by atoms with van der Waals surface area (Å²) in [4.78, 5) is 14.6. The Morgan fingerprint density at radius 1 is 1.07 bits per heavy atom. The summed E-state index contributed by atoms with van der Waals surface area (Å²) in [5.74, 6) is -0.817. The Kier molecular flexibility index (Phi) is 6.90. The average molecular weight is 386 g/mol. The maximum absolute atomic E-state index is 13.3. The summed E-state index contributed by atoms with van der Waals surface area (Å²) in [7, 11) is 0. The lowest BCUT2D eigenvalue weighted by atomic mass is 10.0. The third kappa shape index (κ3) is 5.47. The summed E-state index contributed by atoms with van der Waals surface area (Å²) in [6.45, 7) is 4.99. The van der Waals surface area contributed by atoms with Crippen LogP contribution in [0.4, 0.5) is 8.78 Å². The number of carbonyl (C=O) groups excluding carboxylic acids is 1. The van der Waals surface area contributed by atoms with Gasteiger partial charge in [-0.15, -0.1) is 0 Å². The number of amides is 1. The van der Waals surface area contributed by atoms with Crippen molar-refractivity contribution in [2.24, 2.45) is 0 Å². The average Bonchev–Trinajstić information content (AvgIpc) is 2.70. The van der Waals surface area contributed by atoms with Crippen molar-refractivity contribution >= 4 is 11.5 Å². The van der Waals surface area contributed by atoms with E-state index in [9.17, 15) is 13.6 Å². The Labute approximate surface area is 163 Å². The zero-order chi connectivity index (χ0) is 19.9. The zero-order valence-corrected chi connectivity index (χ0v) is 15.8. The molecule has 0 aromatic heterocycles. The molecule has 1 saturated heterocycles. The molecule has 1 amide bonds. The molecule has 1 aliphatic rings. The maximum atomic E-state index is 13.3. The molecule has 1 N–H and O–H groups in total. The molecule has 0 saturated carbocycles. The van der Waals surface area contributed by atoms with Gasteiger partial charge in [-0.2, -0.15) is 0 Å². The summed E-state index contributed by atoms with van der Waals surface area (Å²) in [6, 6.07) is 12.3. The van der Waals surface area contributed by atoms with E-state index in [2.05, 4.69) is 10.2 Å². The number of allylic oxidation sites excluding steroid dienone is 1. The number of hydrogen-bond acceptors (Lipinski definition) is 3. The Morgan fingerprint density at radius 2 is 1.64 bits per heavy atom. The van der Waals surface area contributed by atoms with Crippen LogP contribution in [0.15, 0.2) is 54.6 Å². The molecule has 28 heavy (non-hydrogen) atoms. The van der Waals surface area contributed by atoms with Crippen molar-refractivity contribution in [3.05, 3.63) is 77.4 Å². The van der Waals surface area contributed by atoms with Gasteiger partial charge >= 0.3 is 0 Å². The molecule has 2 aromatic carbocycles. The zero-order valence-electron chi connectivity index (χ0n) is 15.8. The second kappa shape index (κ2) is 9.57. The van der Waals surface area contributed by atoms with Gasteiger partial charge in [0, 0.05) is 25.7 Å². The van der Waals surface area contributed by atoms with E-state index < -0.39 is 0 Å². The number of nitrogens with zero attached hydrogens (tertiary/aromatic N) is 1. The molecule has 148 valence electrons. The minimum atomic E-state index is -0.311. The van der Waals surface area contributed by atoms with E-state index >= 15 is 0 Å². The van der Waals surface area contributed by atoms with E-state index in [4.69, 9.17) is 4.74 Å². The smallest absolute Gasteiger partial charge is 0.244 e. The quantitative estimate of drug-likeness (QED) is 0.772. The third-order valence-electron chi connectivity index (χ3n) is 4.86. The lowest BCUT2D eigenvalue weighted by Crippen LogP contribution is -2.43. The monoisotopic (exact) mass is 386 g/mol. The summed E-state index contributed by atoms with van der Waals surface area (Å²) in [5.41, 5.74) is 2.49. The Hall–Kier alpha value is -2.57. The van der Waals surface area contributed by atoms with Gasteiger partial charge in [-0.1, -0.05) is 24.3 Å². The van der Waals surface area contributed by atoms with Gasteiger partial charge in [-0.3, -0.25) is 9.69 Å². The van der Waals surface area contributed by atoms with Crippen LogP contribution < -0.4 is 5.32 Å². The fraction of sp³-hybridized carbons (Fsp3) is 0.318. The van der Waals surface area contributed by atoms with Gasteiger partial charge in [0.2, 0.25) is 5.91 Å². The number of ether oxygens (including phenoxy) is 1. The third-order valence-corrected chi connectivity index (χ3v) is 4.86. The van der Waals surface area contributed by atoms with Crippen LogP contribution >= 0.6 is 0 Å². The minimum Gasteiger partial charge on any atom is -0.379 e. The second-order valence-electron chi connectivity index (χ2n) is 6.80. The first kappa shape index (κ1) is 20.2. The van der Waals surface area contributed by atoms with Crippen LogP contribution in [0, 0.1) is 11.6 Å². The highest BCUT2D eigenvalue weighted by molar-refractivity contribution is 5.94. The number of morpholine rings is 1. The highest BCUT2D eigenvalue weighted by atomic mass is 19.1. The van der Waals surface area contributed by atoms with Crippen LogP contribution in [-0.2, 0) is 9.53 Å². The molecule has 0 bridgehead atoms. The Bertz CT molecular complexity index is 813. The second-order valence-corrected chi connectivity index (χ2v) is 6.80. The van der Waals surface area contributed by atoms with Gasteiger partial charge in [-0.05, 0) is 47.9 Å². The van der Waals surface area contributed by atoms with E-state index in [1.165, 1.54) is 30.3 Å². The van der Waals surface area contributed by atoms with Crippen molar-refractivity contribution in [3.63, 3.8) is 0 Å². The SMILES string of the molecule is C/C(=C/C(=O)NCC(c1ccc(F)cc1)N1CCOCC1)c1ccc(F)cc1. The number of halogens is 2. The van der Waals surface area contributed by atoms with Crippen LogP contribution in [0.5, 0.6) is 0 Å². The number of carbonyl (C=O) groups is 1. The molecule has 1 unspecified atom stereocenters. The van der Waals surface area contributed by atoms with Crippen molar-refractivity contribution in [3.8, 4) is 0 Å². The molecule has 1 atom stereocenters. The van der Waals surface area contributed by atoms with Crippen LogP contribution in [0.3, 0.4) is 0 Å². The molecule has 0 spiro atoms. The number of hydrogen-bond donors (Lipinski definition) is 1. The minimum absolute atomic E-state index is 0.0621. The predicted octanol–water partition coefficient (Wildman–Crippen LogP) is 3.56. The van der Waals surface area contributed by atoms with Crippen molar-refractivity contribution < 1.29 is 18.3 Å². The van der Waals surface area contributed by atoms with Crippen LogP contribution in [0.2, 0.25) is 0 Å². The molecule has 0 aliphatic carbocycles. The van der Waals surface area contributed by atoms with Crippen LogP contribution in [-0.4, -0.2) is 43.7 Å². The summed E-state index contributed by atoms with van der Waals surface area (Å²) in [6.07, 6.45) is 1.51. The number of benzene rings is 2. The van der Waals surface area contributed by atoms with Crippen molar-refractivity contribution in [1.82, 2.24) is 10.2 Å². The van der Waals surface area contributed by atoms with Gasteiger partial charge in [0.1, 0.15) is 11.6 Å². The summed E-state index contributed by atoms with van der Waals surface area (Å²) >= 11 is 0. The predicted molar refractivity (Wildman–Crippen MR) is 105 cm³/mol. The van der Waals surface area contributed by atoms with Crippen molar-refractivity contribution in [1.29, 1.82) is 0 Å². The van der Waals surface area contributed by atoms with Crippen LogP contribution in [0.25, 0.3) is 5.57 Å². The molecule has 4 nitrogen and oxygen atoms in total. The summed E-state index contributed by atoms with van der Waals surface area (Å²) in [5, 5.41) is 2.94.